The molecule has 3 nitrogen and oxygen atoms in total. The van der Waals surface area contributed by atoms with Crippen LogP contribution in [0, 0.1) is 0 Å². The Labute approximate surface area is 146 Å². The van der Waals surface area contributed by atoms with E-state index < -0.39 is 11.9 Å². The minimum absolute atomic E-state index is 0.0889. The molecule has 6 heteroatoms. The summed E-state index contributed by atoms with van der Waals surface area (Å²) in [7, 11) is 3.86. The van der Waals surface area contributed by atoms with Gasteiger partial charge in [0.05, 0.1) is 0 Å². The molecule has 0 saturated heterocycles. The van der Waals surface area contributed by atoms with Crippen LogP contribution in [0.4, 0.5) is 19.0 Å². The fourth-order valence-electron chi connectivity index (χ4n) is 2.60. The quantitative estimate of drug-likeness (QED) is 0.756. The molecule has 0 saturated carbocycles. The number of nitrogens with zero attached hydrogens (tertiary/aromatic N) is 3. The average molecular weight is 351 g/mol. The van der Waals surface area contributed by atoms with Crippen molar-refractivity contribution in [3.63, 3.8) is 0 Å². The van der Waals surface area contributed by atoms with Crippen molar-refractivity contribution < 1.29 is 13.2 Å². The van der Waals surface area contributed by atoms with Gasteiger partial charge < -0.3 is 4.90 Å². The Hall–Kier alpha value is -2.11. The molecule has 0 fully saturated rings. The molecule has 2 aromatic rings. The first-order valence-electron chi connectivity index (χ1n) is 8.29. The molecule has 25 heavy (non-hydrogen) atoms. The maximum atomic E-state index is 12.9. The SMILES string of the molecule is CC(C)c1cc(CC(C)c2ccnc(C(F)(F)F)c2)nc(N(C)C)c1. The lowest BCUT2D eigenvalue weighted by Crippen LogP contribution is -2.13. The molecule has 2 rings (SSSR count). The van der Waals surface area contributed by atoms with Crippen molar-refractivity contribution in [2.75, 3.05) is 19.0 Å². The van der Waals surface area contributed by atoms with Crippen molar-refractivity contribution in [2.24, 2.45) is 0 Å². The van der Waals surface area contributed by atoms with E-state index in [2.05, 4.69) is 23.8 Å². The standard InChI is InChI=1S/C19H24F3N3/c1-12(2)15-9-16(24-18(11-15)25(4)5)8-13(3)14-6-7-23-17(10-14)19(20,21)22/h6-7,9-13H,8H2,1-5H3. The van der Waals surface area contributed by atoms with Gasteiger partial charge in [0.2, 0.25) is 0 Å². The molecule has 0 bridgehead atoms. The maximum Gasteiger partial charge on any atom is 0.433 e. The van der Waals surface area contributed by atoms with Gasteiger partial charge in [-0.05, 0) is 53.6 Å². The summed E-state index contributed by atoms with van der Waals surface area (Å²) < 4.78 is 38.6. The van der Waals surface area contributed by atoms with Gasteiger partial charge in [-0.3, -0.25) is 4.98 Å². The second-order valence-corrected chi connectivity index (χ2v) is 6.88. The first kappa shape index (κ1) is 19.2. The Morgan fingerprint density at radius 3 is 2.28 bits per heavy atom. The van der Waals surface area contributed by atoms with E-state index >= 15 is 0 Å². The second-order valence-electron chi connectivity index (χ2n) is 6.88. The van der Waals surface area contributed by atoms with Crippen LogP contribution in [0.5, 0.6) is 0 Å². The van der Waals surface area contributed by atoms with E-state index in [1.807, 2.05) is 38.1 Å². The highest BCUT2D eigenvalue weighted by molar-refractivity contribution is 5.42. The number of pyridine rings is 2. The van der Waals surface area contributed by atoms with Gasteiger partial charge >= 0.3 is 6.18 Å². The zero-order valence-electron chi connectivity index (χ0n) is 15.2. The zero-order chi connectivity index (χ0) is 18.8. The third kappa shape index (κ3) is 4.94. The maximum absolute atomic E-state index is 12.9. The summed E-state index contributed by atoms with van der Waals surface area (Å²) in [5.74, 6) is 1.13. The number of aromatic nitrogens is 2. The Morgan fingerprint density at radius 1 is 1.04 bits per heavy atom. The van der Waals surface area contributed by atoms with Crippen LogP contribution in [-0.2, 0) is 12.6 Å². The van der Waals surface area contributed by atoms with Crippen LogP contribution in [0.1, 0.15) is 55.1 Å². The number of alkyl halides is 3. The van der Waals surface area contributed by atoms with E-state index in [1.54, 1.807) is 6.07 Å². The van der Waals surface area contributed by atoms with Crippen LogP contribution in [0.25, 0.3) is 0 Å². The van der Waals surface area contributed by atoms with Crippen molar-refractivity contribution in [1.29, 1.82) is 0 Å². The third-order valence-corrected chi connectivity index (χ3v) is 4.17. The fraction of sp³-hybridized carbons (Fsp3) is 0.474. The molecule has 0 N–H and O–H groups in total. The van der Waals surface area contributed by atoms with Gasteiger partial charge in [0.1, 0.15) is 11.5 Å². The number of hydrogen-bond acceptors (Lipinski definition) is 3. The minimum atomic E-state index is -4.43. The zero-order valence-corrected chi connectivity index (χ0v) is 15.2. The molecule has 0 spiro atoms. The molecular weight excluding hydrogens is 327 g/mol. The molecule has 0 aliphatic rings. The molecule has 0 aromatic carbocycles. The summed E-state index contributed by atoms with van der Waals surface area (Å²) in [6, 6.07) is 6.86. The first-order chi connectivity index (χ1) is 11.6. The lowest BCUT2D eigenvalue weighted by atomic mass is 9.94. The summed E-state index contributed by atoms with van der Waals surface area (Å²) in [5, 5.41) is 0. The van der Waals surface area contributed by atoms with Gasteiger partial charge in [-0.1, -0.05) is 20.8 Å². The molecule has 0 radical (unpaired) electrons. The lowest BCUT2D eigenvalue weighted by Gasteiger charge is -2.18. The summed E-state index contributed by atoms with van der Waals surface area (Å²) in [6.07, 6.45) is -2.63. The van der Waals surface area contributed by atoms with Gasteiger partial charge in [-0.25, -0.2) is 4.98 Å². The van der Waals surface area contributed by atoms with Crippen LogP contribution < -0.4 is 4.90 Å². The summed E-state index contributed by atoms with van der Waals surface area (Å²) >= 11 is 0. The lowest BCUT2D eigenvalue weighted by molar-refractivity contribution is -0.141. The van der Waals surface area contributed by atoms with E-state index in [4.69, 9.17) is 0 Å². The van der Waals surface area contributed by atoms with Crippen LogP contribution in [-0.4, -0.2) is 24.1 Å². The summed E-state index contributed by atoms with van der Waals surface area (Å²) in [5.41, 5.74) is 1.82. The van der Waals surface area contributed by atoms with Gasteiger partial charge in [0.15, 0.2) is 0 Å². The van der Waals surface area contributed by atoms with Gasteiger partial charge in [-0.15, -0.1) is 0 Å². The van der Waals surface area contributed by atoms with Crippen molar-refractivity contribution >= 4 is 5.82 Å². The van der Waals surface area contributed by atoms with E-state index in [0.717, 1.165) is 17.6 Å². The molecule has 0 amide bonds. The molecule has 0 aliphatic carbocycles. The summed E-state index contributed by atoms with van der Waals surface area (Å²) in [6.45, 7) is 6.13. The molecule has 1 unspecified atom stereocenters. The van der Waals surface area contributed by atoms with Crippen molar-refractivity contribution in [2.45, 2.75) is 45.2 Å². The summed E-state index contributed by atoms with van der Waals surface area (Å²) in [4.78, 5) is 10.0. The second kappa shape index (κ2) is 7.42. The number of hydrogen-bond donors (Lipinski definition) is 0. The van der Waals surface area contributed by atoms with Crippen LogP contribution in [0.15, 0.2) is 30.5 Å². The highest BCUT2D eigenvalue weighted by atomic mass is 19.4. The average Bonchev–Trinajstić information content (AvgIpc) is 2.53. The Bertz CT molecular complexity index is 698. The molecular formula is C19H24F3N3. The van der Waals surface area contributed by atoms with E-state index in [1.165, 1.54) is 11.8 Å². The monoisotopic (exact) mass is 351 g/mol. The van der Waals surface area contributed by atoms with Gasteiger partial charge in [-0.2, -0.15) is 13.2 Å². The normalized spacial score (nSPS) is 13.2. The number of rotatable bonds is 5. The molecule has 136 valence electrons. The third-order valence-electron chi connectivity index (χ3n) is 4.17. The van der Waals surface area contributed by atoms with Crippen LogP contribution >= 0.6 is 0 Å². The fourth-order valence-corrected chi connectivity index (χ4v) is 2.60. The number of anilines is 1. The minimum Gasteiger partial charge on any atom is -0.363 e. The van der Waals surface area contributed by atoms with Crippen molar-refractivity contribution in [3.05, 3.63) is 53.0 Å². The highest BCUT2D eigenvalue weighted by Crippen LogP contribution is 2.30. The van der Waals surface area contributed by atoms with E-state index in [0.29, 0.717) is 17.9 Å². The Balaban J connectivity index is 2.30. The van der Waals surface area contributed by atoms with Crippen LogP contribution in [0.3, 0.4) is 0 Å². The highest BCUT2D eigenvalue weighted by Gasteiger charge is 2.32. The molecule has 1 atom stereocenters. The van der Waals surface area contributed by atoms with Crippen molar-refractivity contribution in [3.8, 4) is 0 Å². The predicted molar refractivity (Wildman–Crippen MR) is 94.0 cm³/mol. The van der Waals surface area contributed by atoms with E-state index in [-0.39, 0.29) is 5.92 Å². The predicted octanol–water partition coefficient (Wildman–Crippen LogP) is 5.03. The smallest absolute Gasteiger partial charge is 0.363 e. The molecule has 2 heterocycles. The topological polar surface area (TPSA) is 29.0 Å². The Kier molecular flexibility index (Phi) is 5.70. The molecule has 2 aromatic heterocycles. The number of halogens is 3. The molecule has 0 aliphatic heterocycles. The Morgan fingerprint density at radius 2 is 1.72 bits per heavy atom. The van der Waals surface area contributed by atoms with Crippen molar-refractivity contribution in [1.82, 2.24) is 9.97 Å². The van der Waals surface area contributed by atoms with Crippen LogP contribution in [0.2, 0.25) is 0 Å². The first-order valence-corrected chi connectivity index (χ1v) is 8.29. The van der Waals surface area contributed by atoms with Gasteiger partial charge in [0, 0.05) is 26.0 Å². The van der Waals surface area contributed by atoms with Gasteiger partial charge in [0.25, 0.3) is 0 Å². The largest absolute Gasteiger partial charge is 0.433 e. The van der Waals surface area contributed by atoms with E-state index in [9.17, 15) is 13.2 Å².